The Morgan fingerprint density at radius 1 is 0.925 bits per heavy atom. The molecule has 0 saturated carbocycles. The first-order valence-corrected chi connectivity index (χ1v) is 14.0. The van der Waals surface area contributed by atoms with E-state index in [0.29, 0.717) is 38.9 Å². The molecule has 0 saturated heterocycles. The zero-order chi connectivity index (χ0) is 27.8. The SMILES string of the molecule is CCOc1cc(C=c2sc3n(c2=O)C(c2ccc(OC)c(OC)c2)C2=C(N=3)c3ccccc3CC2)ccc1OC. The van der Waals surface area contributed by atoms with Gasteiger partial charge in [-0.3, -0.25) is 9.36 Å². The van der Waals surface area contributed by atoms with Crippen LogP contribution in [0.5, 0.6) is 23.0 Å². The fourth-order valence-corrected chi connectivity index (χ4v) is 6.55. The molecule has 0 bridgehead atoms. The molecule has 2 aliphatic rings. The molecule has 0 fully saturated rings. The quantitative estimate of drug-likeness (QED) is 0.330. The van der Waals surface area contributed by atoms with E-state index in [0.717, 1.165) is 40.8 Å². The number of allylic oxidation sites excluding steroid dienone is 1. The molecule has 0 radical (unpaired) electrons. The van der Waals surface area contributed by atoms with E-state index in [1.54, 1.807) is 21.3 Å². The molecular weight excluding hydrogens is 524 g/mol. The normalized spacial score (nSPS) is 16.0. The molecule has 4 aromatic rings. The lowest BCUT2D eigenvalue weighted by atomic mass is 9.83. The van der Waals surface area contributed by atoms with Gasteiger partial charge >= 0.3 is 0 Å². The van der Waals surface area contributed by atoms with E-state index >= 15 is 0 Å². The predicted octanol–water partition coefficient (Wildman–Crippen LogP) is 4.74. The van der Waals surface area contributed by atoms with Gasteiger partial charge in [-0.15, -0.1) is 0 Å². The summed E-state index contributed by atoms with van der Waals surface area (Å²) in [6, 6.07) is 19.6. The van der Waals surface area contributed by atoms with Crippen LogP contribution in [0.2, 0.25) is 0 Å². The summed E-state index contributed by atoms with van der Waals surface area (Å²) in [5, 5.41) is 0. The van der Waals surface area contributed by atoms with Gasteiger partial charge in [-0.1, -0.05) is 47.7 Å². The van der Waals surface area contributed by atoms with Crippen molar-refractivity contribution in [2.75, 3.05) is 27.9 Å². The van der Waals surface area contributed by atoms with Crippen LogP contribution in [0.15, 0.2) is 76.0 Å². The van der Waals surface area contributed by atoms with E-state index in [4.69, 9.17) is 23.9 Å². The molecule has 6 rings (SSSR count). The van der Waals surface area contributed by atoms with Crippen LogP contribution in [0.3, 0.4) is 0 Å². The Hall–Kier alpha value is -4.30. The Kier molecular flexibility index (Phi) is 6.94. The van der Waals surface area contributed by atoms with Crippen LogP contribution < -0.4 is 33.8 Å². The number of ether oxygens (including phenoxy) is 4. The largest absolute Gasteiger partial charge is 0.493 e. The highest BCUT2D eigenvalue weighted by Gasteiger charge is 2.33. The standard InChI is InChI=1S/C32H30N2O5S/c1-5-39-27-16-19(10-14-25(27)37-3)17-28-31(35)34-30(21-12-15-24(36-2)26(18-21)38-4)23-13-11-20-8-6-7-9-22(20)29(23)33-32(34)40-28/h6-10,12,14-18,30H,5,11,13H2,1-4H3. The fourth-order valence-electron chi connectivity index (χ4n) is 5.55. The average molecular weight is 555 g/mol. The van der Waals surface area contributed by atoms with Crippen molar-refractivity contribution in [1.82, 2.24) is 4.57 Å². The summed E-state index contributed by atoms with van der Waals surface area (Å²) in [6.45, 7) is 2.44. The molecule has 1 aliphatic heterocycles. The highest BCUT2D eigenvalue weighted by atomic mass is 32.1. The number of rotatable bonds is 7. The molecule has 40 heavy (non-hydrogen) atoms. The number of aromatic nitrogens is 1. The summed E-state index contributed by atoms with van der Waals surface area (Å²) >= 11 is 1.40. The second-order valence-corrected chi connectivity index (χ2v) is 10.6. The molecule has 3 aromatic carbocycles. The number of nitrogens with zero attached hydrogens (tertiary/aromatic N) is 2. The minimum absolute atomic E-state index is 0.0808. The number of hydrogen-bond donors (Lipinski definition) is 0. The lowest BCUT2D eigenvalue weighted by Crippen LogP contribution is -2.38. The van der Waals surface area contributed by atoms with Crippen molar-refractivity contribution in [3.8, 4) is 23.0 Å². The van der Waals surface area contributed by atoms with Crippen LogP contribution in [0.25, 0.3) is 11.8 Å². The van der Waals surface area contributed by atoms with Crippen molar-refractivity contribution in [3.05, 3.63) is 108 Å². The first-order chi connectivity index (χ1) is 19.6. The smallest absolute Gasteiger partial charge is 0.271 e. The van der Waals surface area contributed by atoms with Crippen LogP contribution in [0.1, 0.15) is 41.6 Å². The molecule has 0 N–H and O–H groups in total. The molecule has 0 amide bonds. The fraction of sp³-hybridized carbons (Fsp3) is 0.250. The topological polar surface area (TPSA) is 71.3 Å². The lowest BCUT2D eigenvalue weighted by Gasteiger charge is -2.31. The lowest BCUT2D eigenvalue weighted by molar-refractivity contribution is 0.311. The number of benzene rings is 3. The molecule has 1 aromatic heterocycles. The minimum Gasteiger partial charge on any atom is -0.493 e. The van der Waals surface area contributed by atoms with Crippen molar-refractivity contribution in [1.29, 1.82) is 0 Å². The van der Waals surface area contributed by atoms with Gasteiger partial charge in [-0.25, -0.2) is 4.99 Å². The van der Waals surface area contributed by atoms with E-state index in [9.17, 15) is 4.79 Å². The van der Waals surface area contributed by atoms with Crippen molar-refractivity contribution in [2.45, 2.75) is 25.8 Å². The molecule has 1 atom stereocenters. The third kappa shape index (κ3) is 4.38. The van der Waals surface area contributed by atoms with Crippen molar-refractivity contribution >= 4 is 23.1 Å². The third-order valence-electron chi connectivity index (χ3n) is 7.38. The summed E-state index contributed by atoms with van der Waals surface area (Å²) in [5.74, 6) is 2.56. The summed E-state index contributed by atoms with van der Waals surface area (Å²) in [5.41, 5.74) is 6.22. The second kappa shape index (κ2) is 10.7. The Morgan fingerprint density at radius 2 is 1.68 bits per heavy atom. The summed E-state index contributed by atoms with van der Waals surface area (Å²) < 4.78 is 24.8. The molecule has 1 unspecified atom stereocenters. The number of methoxy groups -OCH3 is 3. The predicted molar refractivity (Wildman–Crippen MR) is 156 cm³/mol. The zero-order valence-electron chi connectivity index (χ0n) is 22.9. The van der Waals surface area contributed by atoms with Gasteiger partial charge < -0.3 is 18.9 Å². The van der Waals surface area contributed by atoms with Crippen molar-refractivity contribution in [3.63, 3.8) is 0 Å². The Labute approximate surface area is 236 Å². The number of hydrogen-bond acceptors (Lipinski definition) is 7. The molecule has 2 heterocycles. The van der Waals surface area contributed by atoms with Gasteiger partial charge in [-0.2, -0.15) is 0 Å². The number of aryl methyl sites for hydroxylation is 1. The first kappa shape index (κ1) is 26.0. The molecule has 7 nitrogen and oxygen atoms in total. The van der Waals surface area contributed by atoms with Crippen LogP contribution in [0.4, 0.5) is 0 Å². The Morgan fingerprint density at radius 3 is 2.45 bits per heavy atom. The third-order valence-corrected chi connectivity index (χ3v) is 8.36. The van der Waals surface area contributed by atoms with Crippen molar-refractivity contribution < 1.29 is 18.9 Å². The van der Waals surface area contributed by atoms with Gasteiger partial charge in [0, 0.05) is 5.56 Å². The van der Waals surface area contributed by atoms with E-state index in [1.165, 1.54) is 16.9 Å². The average Bonchev–Trinajstić information content (AvgIpc) is 3.30. The molecular formula is C32H30N2O5S. The van der Waals surface area contributed by atoms with Gasteiger partial charge in [0.15, 0.2) is 27.8 Å². The van der Waals surface area contributed by atoms with Gasteiger partial charge in [-0.05, 0) is 72.4 Å². The highest BCUT2D eigenvalue weighted by molar-refractivity contribution is 7.07. The van der Waals surface area contributed by atoms with E-state index in [-0.39, 0.29) is 11.6 Å². The molecule has 204 valence electrons. The van der Waals surface area contributed by atoms with Crippen LogP contribution in [-0.2, 0) is 6.42 Å². The number of thiazole rings is 1. The van der Waals surface area contributed by atoms with Gasteiger partial charge in [0.25, 0.3) is 5.56 Å². The Balaban J connectivity index is 1.58. The Bertz CT molecular complexity index is 1820. The number of fused-ring (bicyclic) bond motifs is 3. The van der Waals surface area contributed by atoms with Crippen molar-refractivity contribution in [2.24, 2.45) is 4.99 Å². The zero-order valence-corrected chi connectivity index (χ0v) is 23.7. The van der Waals surface area contributed by atoms with E-state index in [1.807, 2.05) is 60.0 Å². The maximum Gasteiger partial charge on any atom is 0.271 e. The second-order valence-electron chi connectivity index (χ2n) is 9.57. The summed E-state index contributed by atoms with van der Waals surface area (Å²) in [6.07, 6.45) is 3.60. The first-order valence-electron chi connectivity index (χ1n) is 13.2. The summed E-state index contributed by atoms with van der Waals surface area (Å²) in [4.78, 5) is 19.9. The van der Waals surface area contributed by atoms with E-state index in [2.05, 4.69) is 18.2 Å². The molecule has 1 aliphatic carbocycles. The molecule has 0 spiro atoms. The van der Waals surface area contributed by atoms with Crippen LogP contribution >= 0.6 is 11.3 Å². The van der Waals surface area contributed by atoms with Gasteiger partial charge in [0.05, 0.1) is 44.2 Å². The minimum atomic E-state index is -0.309. The summed E-state index contributed by atoms with van der Waals surface area (Å²) in [7, 11) is 4.86. The monoisotopic (exact) mass is 554 g/mol. The van der Waals surface area contributed by atoms with Crippen LogP contribution in [-0.4, -0.2) is 32.5 Å². The maximum absolute atomic E-state index is 14.1. The van der Waals surface area contributed by atoms with Gasteiger partial charge in [0.2, 0.25) is 0 Å². The maximum atomic E-state index is 14.1. The molecule has 8 heteroatoms. The van der Waals surface area contributed by atoms with E-state index < -0.39 is 0 Å². The van der Waals surface area contributed by atoms with Gasteiger partial charge in [0.1, 0.15) is 0 Å². The van der Waals surface area contributed by atoms with Crippen LogP contribution in [0, 0.1) is 0 Å². The highest BCUT2D eigenvalue weighted by Crippen LogP contribution is 2.42.